The first-order chi connectivity index (χ1) is 10.4. The van der Waals surface area contributed by atoms with Gasteiger partial charge in [0.1, 0.15) is 0 Å². The number of carbonyl (C=O) groups excluding carboxylic acids is 1. The number of hydrogen-bond acceptors (Lipinski definition) is 4. The van der Waals surface area contributed by atoms with Gasteiger partial charge in [-0.25, -0.2) is 8.42 Å². The van der Waals surface area contributed by atoms with Gasteiger partial charge in [0.15, 0.2) is 9.84 Å². The molecule has 6 heteroatoms. The number of nitrogens with zero attached hydrogens (tertiary/aromatic N) is 1. The van der Waals surface area contributed by atoms with Gasteiger partial charge in [0.2, 0.25) is 5.91 Å². The molecule has 1 aliphatic rings. The van der Waals surface area contributed by atoms with Gasteiger partial charge in [0.05, 0.1) is 11.4 Å². The van der Waals surface area contributed by atoms with Crippen LogP contribution in [0.25, 0.3) is 0 Å². The van der Waals surface area contributed by atoms with Crippen LogP contribution in [0.5, 0.6) is 0 Å². The molecule has 1 fully saturated rings. The van der Waals surface area contributed by atoms with Crippen molar-refractivity contribution in [2.45, 2.75) is 43.0 Å². The summed E-state index contributed by atoms with van der Waals surface area (Å²) in [6.45, 7) is 0.360. The molecule has 22 heavy (non-hydrogen) atoms. The number of benzene rings is 1. The van der Waals surface area contributed by atoms with Gasteiger partial charge < -0.3 is 5.32 Å². The summed E-state index contributed by atoms with van der Waals surface area (Å²) in [7, 11) is -1.21. The van der Waals surface area contributed by atoms with Gasteiger partial charge in [-0.15, -0.1) is 0 Å². The molecular formula is C16H24N2O3S. The molecule has 0 aromatic heterocycles. The molecular weight excluding hydrogens is 300 g/mol. The van der Waals surface area contributed by atoms with Gasteiger partial charge in [0.25, 0.3) is 0 Å². The molecule has 0 spiro atoms. The monoisotopic (exact) mass is 324 g/mol. The highest BCUT2D eigenvalue weighted by Crippen LogP contribution is 2.21. The van der Waals surface area contributed by atoms with Gasteiger partial charge in [0, 0.05) is 18.0 Å². The summed E-state index contributed by atoms with van der Waals surface area (Å²) in [6, 6.07) is 6.75. The van der Waals surface area contributed by atoms with Crippen molar-refractivity contribution in [1.29, 1.82) is 0 Å². The Balaban J connectivity index is 1.88. The molecule has 0 bridgehead atoms. The lowest BCUT2D eigenvalue weighted by Crippen LogP contribution is -2.39. The quantitative estimate of drug-likeness (QED) is 0.902. The molecule has 122 valence electrons. The lowest BCUT2D eigenvalue weighted by molar-refractivity contribution is -0.117. The van der Waals surface area contributed by atoms with E-state index in [9.17, 15) is 13.2 Å². The van der Waals surface area contributed by atoms with E-state index < -0.39 is 9.84 Å². The number of sulfone groups is 1. The number of likely N-dealkylation sites (N-methyl/N-ethyl adjacent to an activating group) is 1. The Morgan fingerprint density at radius 2 is 1.77 bits per heavy atom. The van der Waals surface area contributed by atoms with Crippen LogP contribution in [0, 0.1) is 0 Å². The fourth-order valence-corrected chi connectivity index (χ4v) is 3.49. The van der Waals surface area contributed by atoms with E-state index in [0.717, 1.165) is 12.8 Å². The number of rotatable bonds is 5. The fraction of sp³-hybridized carbons (Fsp3) is 0.562. The number of hydrogen-bond donors (Lipinski definition) is 1. The molecule has 1 saturated carbocycles. The van der Waals surface area contributed by atoms with Crippen LogP contribution in [0.15, 0.2) is 29.2 Å². The molecule has 1 aromatic carbocycles. The average molecular weight is 324 g/mol. The minimum atomic E-state index is -3.20. The van der Waals surface area contributed by atoms with Crippen molar-refractivity contribution in [3.63, 3.8) is 0 Å². The summed E-state index contributed by atoms with van der Waals surface area (Å²) in [5.74, 6) is -0.0693. The molecule has 1 N–H and O–H groups in total. The van der Waals surface area contributed by atoms with Crippen LogP contribution in [0.2, 0.25) is 0 Å². The van der Waals surface area contributed by atoms with Crippen LogP contribution in [0.4, 0.5) is 5.69 Å². The zero-order valence-corrected chi connectivity index (χ0v) is 14.0. The Morgan fingerprint density at radius 1 is 1.18 bits per heavy atom. The smallest absolute Gasteiger partial charge is 0.238 e. The lowest BCUT2D eigenvalue weighted by atomic mass is 9.94. The van der Waals surface area contributed by atoms with E-state index in [1.807, 2.05) is 7.05 Å². The van der Waals surface area contributed by atoms with Crippen LogP contribution in [-0.2, 0) is 14.6 Å². The highest BCUT2D eigenvalue weighted by Gasteiger charge is 2.19. The summed E-state index contributed by atoms with van der Waals surface area (Å²) in [5.41, 5.74) is 0.620. The van der Waals surface area contributed by atoms with Gasteiger partial charge in [-0.1, -0.05) is 19.3 Å². The highest BCUT2D eigenvalue weighted by atomic mass is 32.2. The van der Waals surface area contributed by atoms with Gasteiger partial charge in [-0.05, 0) is 44.2 Å². The third-order valence-electron chi connectivity index (χ3n) is 4.16. The van der Waals surface area contributed by atoms with Gasteiger partial charge in [-0.2, -0.15) is 0 Å². The van der Waals surface area contributed by atoms with Crippen LogP contribution in [0.3, 0.4) is 0 Å². The SMILES string of the molecule is CN(CC(=O)Nc1ccc(S(C)(=O)=O)cc1)C1CCCCC1. The van der Waals surface area contributed by atoms with Crippen molar-refractivity contribution in [1.82, 2.24) is 4.90 Å². The minimum absolute atomic E-state index is 0.0693. The molecule has 2 rings (SSSR count). The minimum Gasteiger partial charge on any atom is -0.325 e. The second-order valence-corrected chi connectivity index (χ2v) is 8.07. The standard InChI is InChI=1S/C16H24N2O3S/c1-18(14-6-4-3-5-7-14)12-16(19)17-13-8-10-15(11-9-13)22(2,20)21/h8-11,14H,3-7,12H2,1-2H3,(H,17,19). The van der Waals surface area contributed by atoms with Crippen molar-refractivity contribution in [2.75, 3.05) is 25.2 Å². The summed E-state index contributed by atoms with van der Waals surface area (Å²) < 4.78 is 22.8. The van der Waals surface area contributed by atoms with E-state index in [1.165, 1.54) is 37.7 Å². The number of nitrogens with one attached hydrogen (secondary N) is 1. The fourth-order valence-electron chi connectivity index (χ4n) is 2.86. The molecule has 0 heterocycles. The predicted octanol–water partition coefficient (Wildman–Crippen LogP) is 2.29. The lowest BCUT2D eigenvalue weighted by Gasteiger charge is -2.30. The highest BCUT2D eigenvalue weighted by molar-refractivity contribution is 7.90. The number of carbonyl (C=O) groups is 1. The average Bonchev–Trinajstić information content (AvgIpc) is 2.47. The molecule has 0 unspecified atom stereocenters. The third-order valence-corrected chi connectivity index (χ3v) is 5.29. The summed E-state index contributed by atoms with van der Waals surface area (Å²) >= 11 is 0. The first-order valence-corrected chi connectivity index (χ1v) is 9.55. The van der Waals surface area contributed by atoms with Crippen LogP contribution < -0.4 is 5.32 Å². The van der Waals surface area contributed by atoms with E-state index >= 15 is 0 Å². The van der Waals surface area contributed by atoms with Crippen molar-refractivity contribution < 1.29 is 13.2 Å². The predicted molar refractivity (Wildman–Crippen MR) is 87.7 cm³/mol. The molecule has 0 aliphatic heterocycles. The molecule has 1 amide bonds. The first kappa shape index (κ1) is 17.0. The Kier molecular flexibility index (Phi) is 5.58. The Hall–Kier alpha value is -1.40. The Bertz CT molecular complexity index is 605. The maximum Gasteiger partial charge on any atom is 0.238 e. The van der Waals surface area contributed by atoms with Crippen molar-refractivity contribution >= 4 is 21.4 Å². The Morgan fingerprint density at radius 3 is 2.32 bits per heavy atom. The molecule has 0 radical (unpaired) electrons. The van der Waals surface area contributed by atoms with Crippen LogP contribution >= 0.6 is 0 Å². The molecule has 1 aromatic rings. The molecule has 0 saturated heterocycles. The van der Waals surface area contributed by atoms with Crippen molar-refractivity contribution in [2.24, 2.45) is 0 Å². The largest absolute Gasteiger partial charge is 0.325 e. The second-order valence-electron chi connectivity index (χ2n) is 6.05. The van der Waals surface area contributed by atoms with E-state index in [4.69, 9.17) is 0 Å². The zero-order chi connectivity index (χ0) is 16.2. The zero-order valence-electron chi connectivity index (χ0n) is 13.2. The van der Waals surface area contributed by atoms with Crippen LogP contribution in [0.1, 0.15) is 32.1 Å². The third kappa shape index (κ3) is 4.81. The molecule has 0 atom stereocenters. The van der Waals surface area contributed by atoms with Gasteiger partial charge >= 0.3 is 0 Å². The Labute approximate surface area is 132 Å². The van der Waals surface area contributed by atoms with Crippen molar-refractivity contribution in [3.05, 3.63) is 24.3 Å². The van der Waals surface area contributed by atoms with Crippen molar-refractivity contribution in [3.8, 4) is 0 Å². The number of anilines is 1. The van der Waals surface area contributed by atoms with Gasteiger partial charge in [-0.3, -0.25) is 9.69 Å². The second kappa shape index (κ2) is 7.24. The first-order valence-electron chi connectivity index (χ1n) is 7.66. The maximum atomic E-state index is 12.1. The molecule has 5 nitrogen and oxygen atoms in total. The molecule has 1 aliphatic carbocycles. The van der Waals surface area contributed by atoms with E-state index in [0.29, 0.717) is 18.3 Å². The topological polar surface area (TPSA) is 66.5 Å². The maximum absolute atomic E-state index is 12.1. The van der Waals surface area contributed by atoms with E-state index in [-0.39, 0.29) is 10.8 Å². The normalized spacial score (nSPS) is 16.7. The summed E-state index contributed by atoms with van der Waals surface area (Å²) in [6.07, 6.45) is 7.26. The summed E-state index contributed by atoms with van der Waals surface area (Å²) in [4.78, 5) is 14.4. The van der Waals surface area contributed by atoms with E-state index in [2.05, 4.69) is 10.2 Å². The van der Waals surface area contributed by atoms with E-state index in [1.54, 1.807) is 12.1 Å². The summed E-state index contributed by atoms with van der Waals surface area (Å²) in [5, 5.41) is 2.82. The number of amides is 1. The van der Waals surface area contributed by atoms with Crippen LogP contribution in [-0.4, -0.2) is 45.1 Å².